The van der Waals surface area contributed by atoms with Gasteiger partial charge in [-0.05, 0) is 31.5 Å². The van der Waals surface area contributed by atoms with Crippen LogP contribution >= 0.6 is 11.3 Å². The van der Waals surface area contributed by atoms with Gasteiger partial charge in [0.2, 0.25) is 0 Å². The van der Waals surface area contributed by atoms with E-state index < -0.39 is 17.6 Å². The number of primary amides is 1. The third kappa shape index (κ3) is 3.89. The number of carbonyl (C=O) groups is 1. The molecule has 0 spiro atoms. The van der Waals surface area contributed by atoms with Crippen LogP contribution in [0.25, 0.3) is 11.4 Å². The predicted molar refractivity (Wildman–Crippen MR) is 104 cm³/mol. The Kier molecular flexibility index (Phi) is 5.46. The van der Waals surface area contributed by atoms with Gasteiger partial charge in [-0.3, -0.25) is 4.79 Å². The maximum Gasteiger partial charge on any atom is 0.416 e. The molecule has 3 N–H and O–H groups in total. The molecule has 0 fully saturated rings. The fourth-order valence-corrected chi connectivity index (χ4v) is 3.81. The van der Waals surface area contributed by atoms with Crippen molar-refractivity contribution in [3.63, 3.8) is 0 Å². The average molecular weight is 408 g/mol. The second-order valence-corrected chi connectivity index (χ2v) is 7.06. The second kappa shape index (κ2) is 7.67. The number of nitrogens with two attached hydrogens (primary N) is 1. The van der Waals surface area contributed by atoms with E-state index in [1.165, 1.54) is 23.5 Å². The molecule has 28 heavy (non-hydrogen) atoms. The van der Waals surface area contributed by atoms with Crippen LogP contribution in [0.15, 0.2) is 35.7 Å². The molecule has 3 rings (SSSR count). The molecule has 0 aliphatic carbocycles. The first-order valence-corrected chi connectivity index (χ1v) is 9.45. The number of rotatable bonds is 6. The predicted octanol–water partition coefficient (Wildman–Crippen LogP) is 4.52. The second-order valence-electron chi connectivity index (χ2n) is 6.20. The van der Waals surface area contributed by atoms with Crippen molar-refractivity contribution in [3.8, 4) is 11.4 Å². The summed E-state index contributed by atoms with van der Waals surface area (Å²) in [6.07, 6.45) is -4.47. The van der Waals surface area contributed by atoms with Gasteiger partial charge >= 0.3 is 6.18 Å². The summed E-state index contributed by atoms with van der Waals surface area (Å²) < 4.78 is 41.8. The first-order chi connectivity index (χ1) is 13.2. The van der Waals surface area contributed by atoms with E-state index in [0.29, 0.717) is 28.8 Å². The number of halogens is 3. The molecule has 9 heteroatoms. The van der Waals surface area contributed by atoms with Crippen molar-refractivity contribution in [2.75, 3.05) is 11.9 Å². The van der Waals surface area contributed by atoms with Gasteiger partial charge < -0.3 is 15.6 Å². The van der Waals surface area contributed by atoms with Crippen molar-refractivity contribution >= 4 is 22.4 Å². The lowest BCUT2D eigenvalue weighted by Gasteiger charge is -2.16. The molecule has 5 nitrogen and oxygen atoms in total. The Morgan fingerprint density at radius 1 is 1.32 bits per heavy atom. The summed E-state index contributed by atoms with van der Waals surface area (Å²) in [5.74, 6) is -0.635. The number of carbonyl (C=O) groups excluding carboxylic acids is 1. The molecule has 3 aromatic rings. The Hall–Kier alpha value is -2.81. The van der Waals surface area contributed by atoms with Crippen LogP contribution in [0.3, 0.4) is 0 Å². The number of anilines is 1. The number of aromatic nitrogens is 2. The van der Waals surface area contributed by atoms with Gasteiger partial charge in [0.05, 0.1) is 22.5 Å². The van der Waals surface area contributed by atoms with Crippen LogP contribution in [-0.2, 0) is 12.7 Å². The summed E-state index contributed by atoms with van der Waals surface area (Å²) in [7, 11) is 0. The number of benzene rings is 1. The molecule has 0 saturated heterocycles. The highest BCUT2D eigenvalue weighted by molar-refractivity contribution is 7.14. The maximum atomic E-state index is 13.4. The van der Waals surface area contributed by atoms with Crippen molar-refractivity contribution in [1.82, 2.24) is 9.55 Å². The number of nitrogens with one attached hydrogen (secondary N) is 1. The van der Waals surface area contributed by atoms with E-state index >= 15 is 0 Å². The molecular weight excluding hydrogens is 389 g/mol. The van der Waals surface area contributed by atoms with E-state index in [1.54, 1.807) is 29.0 Å². The van der Waals surface area contributed by atoms with E-state index in [-0.39, 0.29) is 17.7 Å². The number of amides is 1. The van der Waals surface area contributed by atoms with Crippen molar-refractivity contribution in [1.29, 1.82) is 0 Å². The van der Waals surface area contributed by atoms with E-state index in [9.17, 15) is 18.0 Å². The third-order valence-electron chi connectivity index (χ3n) is 4.38. The molecule has 0 unspecified atom stereocenters. The average Bonchev–Trinajstić information content (AvgIpc) is 3.20. The van der Waals surface area contributed by atoms with Crippen molar-refractivity contribution in [3.05, 3.63) is 58.1 Å². The molecule has 1 aromatic carbocycles. The largest absolute Gasteiger partial charge is 0.416 e. The van der Waals surface area contributed by atoms with E-state index in [2.05, 4.69) is 10.3 Å². The molecule has 0 saturated carbocycles. The SMILES string of the molecule is CCNc1nc(-c2cc(C(N)=O)c(C)n2Cc2ccccc2C(F)(F)F)cs1. The van der Waals surface area contributed by atoms with E-state index in [1.807, 2.05) is 6.92 Å². The van der Waals surface area contributed by atoms with Gasteiger partial charge in [0, 0.05) is 24.2 Å². The van der Waals surface area contributed by atoms with Crippen molar-refractivity contribution in [2.24, 2.45) is 5.73 Å². The first-order valence-electron chi connectivity index (χ1n) is 8.57. The lowest BCUT2D eigenvalue weighted by Crippen LogP contribution is -2.15. The summed E-state index contributed by atoms with van der Waals surface area (Å²) in [6, 6.07) is 6.98. The van der Waals surface area contributed by atoms with Gasteiger partial charge in [-0.25, -0.2) is 4.98 Å². The molecule has 2 heterocycles. The van der Waals surface area contributed by atoms with Crippen LogP contribution in [0.4, 0.5) is 18.3 Å². The highest BCUT2D eigenvalue weighted by Crippen LogP contribution is 2.34. The molecule has 2 aromatic heterocycles. The molecule has 0 aliphatic rings. The number of thiazole rings is 1. The highest BCUT2D eigenvalue weighted by Gasteiger charge is 2.33. The summed E-state index contributed by atoms with van der Waals surface area (Å²) in [4.78, 5) is 16.3. The van der Waals surface area contributed by atoms with Crippen LogP contribution < -0.4 is 11.1 Å². The molecule has 148 valence electrons. The lowest BCUT2D eigenvalue weighted by molar-refractivity contribution is -0.138. The standard InChI is InChI=1S/C19H19F3N4OS/c1-3-24-18-25-15(10-28-18)16-8-13(17(23)27)11(2)26(16)9-12-6-4-5-7-14(12)19(20,21)22/h4-8,10H,3,9H2,1-2H3,(H2,23,27)(H,24,25). The van der Waals surface area contributed by atoms with Crippen LogP contribution in [0.1, 0.15) is 34.1 Å². The van der Waals surface area contributed by atoms with Gasteiger partial charge in [-0.1, -0.05) is 18.2 Å². The summed E-state index contributed by atoms with van der Waals surface area (Å²) in [5.41, 5.74) is 6.73. The Morgan fingerprint density at radius 3 is 2.68 bits per heavy atom. The summed E-state index contributed by atoms with van der Waals surface area (Å²) in [5, 5.41) is 5.59. The first kappa shape index (κ1) is 19.9. The number of nitrogens with zero attached hydrogens (tertiary/aromatic N) is 2. The summed E-state index contributed by atoms with van der Waals surface area (Å²) >= 11 is 1.38. The maximum absolute atomic E-state index is 13.4. The molecule has 0 bridgehead atoms. The third-order valence-corrected chi connectivity index (χ3v) is 5.18. The van der Waals surface area contributed by atoms with Crippen molar-refractivity contribution < 1.29 is 18.0 Å². The van der Waals surface area contributed by atoms with Gasteiger partial charge in [0.1, 0.15) is 0 Å². The highest BCUT2D eigenvalue weighted by atomic mass is 32.1. The van der Waals surface area contributed by atoms with Gasteiger partial charge in [0.25, 0.3) is 5.91 Å². The zero-order valence-electron chi connectivity index (χ0n) is 15.3. The zero-order chi connectivity index (χ0) is 20.5. The normalized spacial score (nSPS) is 11.6. The molecular formula is C19H19F3N4OS. The van der Waals surface area contributed by atoms with Gasteiger partial charge in [-0.2, -0.15) is 13.2 Å². The minimum absolute atomic E-state index is 0.0573. The fraction of sp³-hybridized carbons (Fsp3) is 0.263. The molecule has 0 atom stereocenters. The van der Waals surface area contributed by atoms with Crippen LogP contribution in [0.5, 0.6) is 0 Å². The van der Waals surface area contributed by atoms with E-state index in [0.717, 1.165) is 6.07 Å². The molecule has 1 amide bonds. The van der Waals surface area contributed by atoms with Gasteiger partial charge in [-0.15, -0.1) is 11.3 Å². The van der Waals surface area contributed by atoms with E-state index in [4.69, 9.17) is 5.73 Å². The lowest BCUT2D eigenvalue weighted by atomic mass is 10.1. The Bertz CT molecular complexity index is 1010. The quantitative estimate of drug-likeness (QED) is 0.630. The smallest absolute Gasteiger partial charge is 0.366 e. The van der Waals surface area contributed by atoms with Crippen LogP contribution in [0.2, 0.25) is 0 Å². The Morgan fingerprint density at radius 2 is 2.04 bits per heavy atom. The summed E-state index contributed by atoms with van der Waals surface area (Å²) in [6.45, 7) is 4.24. The number of hydrogen-bond donors (Lipinski definition) is 2. The monoisotopic (exact) mass is 408 g/mol. The number of alkyl halides is 3. The molecule has 0 radical (unpaired) electrons. The van der Waals surface area contributed by atoms with Crippen LogP contribution in [-0.4, -0.2) is 22.0 Å². The van der Waals surface area contributed by atoms with Gasteiger partial charge in [0.15, 0.2) is 5.13 Å². The van der Waals surface area contributed by atoms with Crippen LogP contribution in [0, 0.1) is 6.92 Å². The minimum atomic E-state index is -4.47. The molecule has 0 aliphatic heterocycles. The number of hydrogen-bond acceptors (Lipinski definition) is 4. The Balaban J connectivity index is 2.11. The fourth-order valence-electron chi connectivity index (χ4n) is 3.04. The Labute approximate surface area is 164 Å². The van der Waals surface area contributed by atoms with Crippen molar-refractivity contribution in [2.45, 2.75) is 26.6 Å². The topological polar surface area (TPSA) is 72.9 Å². The minimum Gasteiger partial charge on any atom is -0.366 e. The zero-order valence-corrected chi connectivity index (χ0v) is 16.1.